The molecule has 0 aliphatic carbocycles. The zero-order chi connectivity index (χ0) is 13.4. The van der Waals surface area contributed by atoms with E-state index in [-0.39, 0.29) is 13.2 Å². The van der Waals surface area contributed by atoms with Crippen LogP contribution in [0.25, 0.3) is 0 Å². The van der Waals surface area contributed by atoms with E-state index in [2.05, 4.69) is 18.8 Å². The average Bonchev–Trinajstić information content (AvgIpc) is 2.35. The summed E-state index contributed by atoms with van der Waals surface area (Å²) in [5, 5.41) is 9.18. The summed E-state index contributed by atoms with van der Waals surface area (Å²) >= 11 is 9.74. The number of hydrogen-bond donors (Lipinski definition) is 1. The smallest absolute Gasteiger partial charge is 0.215 e. The Morgan fingerprint density at radius 2 is 2.00 bits per heavy atom. The van der Waals surface area contributed by atoms with Gasteiger partial charge in [0.15, 0.2) is 0 Å². The molecule has 0 amide bonds. The number of aliphatic hydroxyl groups excluding tert-OH is 1. The van der Waals surface area contributed by atoms with Crippen LogP contribution >= 0.6 is 35.1 Å². The molecule has 0 saturated carbocycles. The van der Waals surface area contributed by atoms with Crippen LogP contribution in [0.3, 0.4) is 0 Å². The molecule has 0 unspecified atom stereocenters. The van der Waals surface area contributed by atoms with Crippen molar-refractivity contribution in [2.45, 2.75) is 18.4 Å². The summed E-state index contributed by atoms with van der Waals surface area (Å²) in [6, 6.07) is 3.78. The van der Waals surface area contributed by atoms with Gasteiger partial charge < -0.3 is 9.84 Å². The van der Waals surface area contributed by atoms with E-state index in [9.17, 15) is 0 Å². The van der Waals surface area contributed by atoms with E-state index in [1.54, 1.807) is 0 Å². The first-order valence-electron chi connectivity index (χ1n) is 5.85. The fraction of sp³-hybridized carbons (Fsp3) is 0.583. The highest BCUT2D eigenvalue weighted by Crippen LogP contribution is 2.40. The van der Waals surface area contributed by atoms with Gasteiger partial charge in [-0.2, -0.15) is 0 Å². The van der Waals surface area contributed by atoms with Crippen molar-refractivity contribution in [3.05, 3.63) is 22.8 Å². The minimum Gasteiger partial charge on any atom is -0.475 e. The number of ether oxygens (including phenoxy) is 1. The minimum absolute atomic E-state index is 0.0274. The Morgan fingerprint density at radius 3 is 2.56 bits per heavy atom. The summed E-state index contributed by atoms with van der Waals surface area (Å²) in [4.78, 5) is 4.09. The molecule has 0 aliphatic rings. The second-order valence-corrected chi connectivity index (χ2v) is 6.83. The summed E-state index contributed by atoms with van der Waals surface area (Å²) in [6.07, 6.45) is 0. The number of rotatable bonds is 8. The molecule has 1 aromatic heterocycles. The highest BCUT2D eigenvalue weighted by molar-refractivity contribution is 8.16. The van der Waals surface area contributed by atoms with E-state index in [0.29, 0.717) is 15.6 Å². The standard InChI is InChI=1S/C12H18ClNO2S2/c1-3-17-12(18-4-2)9-7-10(13)14-11(8-9)16-6-5-15/h7-8,12,15H,3-6H2,1-2H3. The topological polar surface area (TPSA) is 42.4 Å². The molecular formula is C12H18ClNO2S2. The van der Waals surface area contributed by atoms with E-state index >= 15 is 0 Å². The third kappa shape index (κ3) is 5.26. The number of thioether (sulfide) groups is 2. The highest BCUT2D eigenvalue weighted by atomic mass is 35.5. The number of aromatic nitrogens is 1. The molecule has 6 heteroatoms. The van der Waals surface area contributed by atoms with Gasteiger partial charge in [0.2, 0.25) is 5.88 Å². The first-order chi connectivity index (χ1) is 8.71. The van der Waals surface area contributed by atoms with Gasteiger partial charge in [0.1, 0.15) is 11.8 Å². The molecule has 0 bridgehead atoms. The first-order valence-corrected chi connectivity index (χ1v) is 8.33. The van der Waals surface area contributed by atoms with Crippen LogP contribution in [-0.2, 0) is 0 Å². The van der Waals surface area contributed by atoms with Crippen LogP contribution in [0.5, 0.6) is 5.88 Å². The average molecular weight is 308 g/mol. The van der Waals surface area contributed by atoms with Crippen molar-refractivity contribution < 1.29 is 9.84 Å². The van der Waals surface area contributed by atoms with Crippen LogP contribution in [0.15, 0.2) is 12.1 Å². The Hall–Kier alpha value is -0.100. The summed E-state index contributed by atoms with van der Waals surface area (Å²) in [6.45, 7) is 4.49. The van der Waals surface area contributed by atoms with E-state index in [0.717, 1.165) is 17.1 Å². The maximum Gasteiger partial charge on any atom is 0.215 e. The lowest BCUT2D eigenvalue weighted by molar-refractivity contribution is 0.196. The normalized spacial score (nSPS) is 10.9. The molecule has 0 aromatic carbocycles. The molecule has 3 nitrogen and oxygen atoms in total. The molecule has 1 heterocycles. The zero-order valence-electron chi connectivity index (χ0n) is 10.6. The van der Waals surface area contributed by atoms with Crippen molar-refractivity contribution in [2.24, 2.45) is 0 Å². The molecule has 0 radical (unpaired) electrons. The van der Waals surface area contributed by atoms with Crippen molar-refractivity contribution in [1.29, 1.82) is 0 Å². The number of hydrogen-bond acceptors (Lipinski definition) is 5. The lowest BCUT2D eigenvalue weighted by Crippen LogP contribution is -2.04. The highest BCUT2D eigenvalue weighted by Gasteiger charge is 2.14. The molecule has 1 N–H and O–H groups in total. The molecule has 0 atom stereocenters. The van der Waals surface area contributed by atoms with Crippen LogP contribution in [0.4, 0.5) is 0 Å². The van der Waals surface area contributed by atoms with E-state index in [1.165, 1.54) is 0 Å². The zero-order valence-corrected chi connectivity index (χ0v) is 12.9. The van der Waals surface area contributed by atoms with Gasteiger partial charge in [-0.1, -0.05) is 25.4 Å². The third-order valence-corrected chi connectivity index (χ3v) is 4.87. The molecule has 0 aliphatic heterocycles. The molecule has 102 valence electrons. The Morgan fingerprint density at radius 1 is 1.33 bits per heavy atom. The van der Waals surface area contributed by atoms with Gasteiger partial charge in [0, 0.05) is 6.07 Å². The lowest BCUT2D eigenvalue weighted by atomic mass is 10.3. The third-order valence-electron chi connectivity index (χ3n) is 2.04. The molecular weight excluding hydrogens is 290 g/mol. The summed E-state index contributed by atoms with van der Waals surface area (Å²) in [7, 11) is 0. The van der Waals surface area contributed by atoms with Crippen molar-refractivity contribution in [3.8, 4) is 5.88 Å². The predicted molar refractivity (Wildman–Crippen MR) is 80.8 cm³/mol. The molecule has 1 aromatic rings. The van der Waals surface area contributed by atoms with Crippen molar-refractivity contribution in [1.82, 2.24) is 4.98 Å². The largest absolute Gasteiger partial charge is 0.475 e. The van der Waals surface area contributed by atoms with Gasteiger partial charge in [-0.05, 0) is 23.1 Å². The Balaban J connectivity index is 2.87. The van der Waals surface area contributed by atoms with Gasteiger partial charge in [-0.3, -0.25) is 0 Å². The van der Waals surface area contributed by atoms with E-state index in [4.69, 9.17) is 21.4 Å². The van der Waals surface area contributed by atoms with E-state index < -0.39 is 0 Å². The Bertz CT molecular complexity index is 360. The number of pyridine rings is 1. The lowest BCUT2D eigenvalue weighted by Gasteiger charge is -2.16. The fourth-order valence-electron chi connectivity index (χ4n) is 1.40. The summed E-state index contributed by atoms with van der Waals surface area (Å²) in [5.74, 6) is 2.57. The number of nitrogens with zero attached hydrogens (tertiary/aromatic N) is 1. The van der Waals surface area contributed by atoms with Gasteiger partial charge in [0.25, 0.3) is 0 Å². The van der Waals surface area contributed by atoms with Crippen LogP contribution in [-0.4, -0.2) is 34.8 Å². The maximum absolute atomic E-state index is 8.75. The maximum atomic E-state index is 8.75. The molecule has 0 spiro atoms. The second kappa shape index (κ2) is 8.91. The van der Waals surface area contributed by atoms with Gasteiger partial charge >= 0.3 is 0 Å². The van der Waals surface area contributed by atoms with E-state index in [1.807, 2.05) is 35.7 Å². The fourth-order valence-corrected chi connectivity index (χ4v) is 4.07. The van der Waals surface area contributed by atoms with Crippen LogP contribution < -0.4 is 4.74 Å². The Labute approximate surface area is 122 Å². The second-order valence-electron chi connectivity index (χ2n) is 3.38. The predicted octanol–water partition coefficient (Wildman–Crippen LogP) is 3.61. The van der Waals surface area contributed by atoms with Gasteiger partial charge in [0.05, 0.1) is 11.2 Å². The van der Waals surface area contributed by atoms with Crippen molar-refractivity contribution >= 4 is 35.1 Å². The molecule has 18 heavy (non-hydrogen) atoms. The van der Waals surface area contributed by atoms with Crippen LogP contribution in [0.1, 0.15) is 24.0 Å². The summed E-state index contributed by atoms with van der Waals surface area (Å²) < 4.78 is 5.66. The monoisotopic (exact) mass is 307 g/mol. The van der Waals surface area contributed by atoms with Crippen LogP contribution in [0.2, 0.25) is 5.15 Å². The quantitative estimate of drug-likeness (QED) is 0.587. The number of halogens is 1. The molecule has 1 rings (SSSR count). The summed E-state index contributed by atoms with van der Waals surface area (Å²) in [5.41, 5.74) is 1.11. The molecule has 0 fully saturated rings. The van der Waals surface area contributed by atoms with Gasteiger partial charge in [-0.25, -0.2) is 4.98 Å². The number of aliphatic hydroxyl groups is 1. The van der Waals surface area contributed by atoms with Crippen molar-refractivity contribution in [2.75, 3.05) is 24.7 Å². The SMILES string of the molecule is CCSC(SCC)c1cc(Cl)nc(OCCO)c1. The van der Waals surface area contributed by atoms with Gasteiger partial charge in [-0.15, -0.1) is 23.5 Å². The van der Waals surface area contributed by atoms with Crippen molar-refractivity contribution in [3.63, 3.8) is 0 Å². The Kier molecular flexibility index (Phi) is 7.90. The first kappa shape index (κ1) is 16.0. The van der Waals surface area contributed by atoms with Crippen LogP contribution in [0, 0.1) is 0 Å². The minimum atomic E-state index is -0.0274. The molecule has 0 saturated heterocycles.